The van der Waals surface area contributed by atoms with Gasteiger partial charge in [-0.3, -0.25) is 9.59 Å². The number of carbonyl (C=O) groups is 3. The predicted octanol–water partition coefficient (Wildman–Crippen LogP) is 4.11. The lowest BCUT2D eigenvalue weighted by molar-refractivity contribution is -0.113. The molecule has 2 aromatic carbocycles. The van der Waals surface area contributed by atoms with Gasteiger partial charge in [0.1, 0.15) is 0 Å². The zero-order chi connectivity index (χ0) is 25.5. The molecule has 35 heavy (non-hydrogen) atoms. The van der Waals surface area contributed by atoms with Crippen molar-refractivity contribution >= 4 is 46.8 Å². The normalized spacial score (nSPS) is 11.7. The highest BCUT2D eigenvalue weighted by atomic mass is 35.5. The summed E-state index contributed by atoms with van der Waals surface area (Å²) in [6.45, 7) is 3.94. The summed E-state index contributed by atoms with van der Waals surface area (Å²) in [5.41, 5.74) is 1.34. The van der Waals surface area contributed by atoms with Gasteiger partial charge in [-0.25, -0.2) is 4.79 Å². The molecule has 0 fully saturated rings. The van der Waals surface area contributed by atoms with Gasteiger partial charge in [0.05, 0.1) is 35.1 Å². The van der Waals surface area contributed by atoms with Crippen LogP contribution < -0.4 is 10.6 Å². The molecule has 11 heteroatoms. The fraction of sp³-hybridized carbons (Fsp3) is 0.292. The number of benzene rings is 2. The molecule has 184 valence electrons. The second-order valence-corrected chi connectivity index (χ2v) is 9.33. The summed E-state index contributed by atoms with van der Waals surface area (Å²) in [7, 11) is 3.10. The number of methoxy groups -OCH3 is 1. The van der Waals surface area contributed by atoms with Gasteiger partial charge >= 0.3 is 5.97 Å². The van der Waals surface area contributed by atoms with Crippen molar-refractivity contribution in [3.8, 4) is 0 Å². The third kappa shape index (κ3) is 6.61. The number of esters is 1. The Kier molecular flexibility index (Phi) is 8.89. The summed E-state index contributed by atoms with van der Waals surface area (Å²) in [4.78, 5) is 36.7. The first kappa shape index (κ1) is 26.2. The lowest BCUT2D eigenvalue weighted by Gasteiger charge is -2.22. The number of aromatic nitrogens is 3. The Balaban J connectivity index is 1.63. The maximum atomic E-state index is 12.8. The van der Waals surface area contributed by atoms with Crippen molar-refractivity contribution < 1.29 is 19.1 Å². The Bertz CT molecular complexity index is 1210. The third-order valence-corrected chi connectivity index (χ3v) is 6.49. The molecule has 0 bridgehead atoms. The van der Waals surface area contributed by atoms with Crippen molar-refractivity contribution in [2.45, 2.75) is 25.0 Å². The van der Waals surface area contributed by atoms with Crippen molar-refractivity contribution in [3.05, 3.63) is 70.5 Å². The zero-order valence-corrected chi connectivity index (χ0v) is 21.3. The largest absolute Gasteiger partial charge is 0.465 e. The van der Waals surface area contributed by atoms with E-state index >= 15 is 0 Å². The van der Waals surface area contributed by atoms with Crippen LogP contribution in [-0.2, 0) is 16.6 Å². The van der Waals surface area contributed by atoms with Crippen LogP contribution in [0.3, 0.4) is 0 Å². The molecule has 2 amide bonds. The van der Waals surface area contributed by atoms with Crippen molar-refractivity contribution in [2.75, 3.05) is 18.2 Å². The van der Waals surface area contributed by atoms with Gasteiger partial charge in [0, 0.05) is 12.7 Å². The van der Waals surface area contributed by atoms with Crippen LogP contribution in [0.4, 0.5) is 5.69 Å². The van der Waals surface area contributed by atoms with Crippen LogP contribution in [0.15, 0.2) is 53.7 Å². The van der Waals surface area contributed by atoms with Crippen LogP contribution >= 0.6 is 23.4 Å². The number of hydrogen-bond donors (Lipinski definition) is 2. The summed E-state index contributed by atoms with van der Waals surface area (Å²) in [5, 5.41) is 15.1. The molecule has 0 aliphatic carbocycles. The fourth-order valence-corrected chi connectivity index (χ4v) is 4.19. The van der Waals surface area contributed by atoms with Gasteiger partial charge in [-0.2, -0.15) is 0 Å². The second kappa shape index (κ2) is 11.9. The average Bonchev–Trinajstić information content (AvgIpc) is 3.20. The molecule has 3 aromatic rings. The zero-order valence-electron chi connectivity index (χ0n) is 19.7. The molecular formula is C24H26ClN5O4S. The predicted molar refractivity (Wildman–Crippen MR) is 135 cm³/mol. The molecule has 0 saturated carbocycles. The maximum Gasteiger partial charge on any atom is 0.337 e. The quantitative estimate of drug-likeness (QED) is 0.325. The molecule has 2 N–H and O–H groups in total. The number of rotatable bonds is 9. The molecule has 0 aliphatic heterocycles. The number of amides is 2. The Morgan fingerprint density at radius 3 is 2.40 bits per heavy atom. The summed E-state index contributed by atoms with van der Waals surface area (Å²) in [5.74, 6) is -0.287. The fourth-order valence-electron chi connectivity index (χ4n) is 3.25. The molecule has 3 rings (SSSR count). The number of hydrogen-bond acceptors (Lipinski definition) is 7. The van der Waals surface area contributed by atoms with E-state index < -0.39 is 12.0 Å². The summed E-state index contributed by atoms with van der Waals surface area (Å²) in [6, 6.07) is 12.8. The standard InChI is InChI=1S/C24H26ClN5O4S/c1-14(2)20(27-22(32)17-7-5-6-8-18(17)25)21-28-29-24(30(21)3)35-13-19(31)26-16-11-9-15(10-12-16)23(33)34-4/h5-12,14,20H,13H2,1-4H3,(H,26,31)(H,27,32)/t20-/m0/s1. The van der Waals surface area contributed by atoms with E-state index in [9.17, 15) is 14.4 Å². The molecule has 1 atom stereocenters. The van der Waals surface area contributed by atoms with Gasteiger partial charge < -0.3 is 19.9 Å². The molecule has 0 unspecified atom stereocenters. The monoisotopic (exact) mass is 515 g/mol. The Morgan fingerprint density at radius 1 is 1.09 bits per heavy atom. The second-order valence-electron chi connectivity index (χ2n) is 7.98. The molecular weight excluding hydrogens is 490 g/mol. The molecule has 1 heterocycles. The van der Waals surface area contributed by atoms with Gasteiger partial charge in [0.25, 0.3) is 5.91 Å². The smallest absolute Gasteiger partial charge is 0.337 e. The van der Waals surface area contributed by atoms with E-state index in [4.69, 9.17) is 11.6 Å². The van der Waals surface area contributed by atoms with Gasteiger partial charge in [-0.1, -0.05) is 49.3 Å². The van der Waals surface area contributed by atoms with E-state index in [0.29, 0.717) is 32.8 Å². The number of nitrogens with one attached hydrogen (secondary N) is 2. The van der Waals surface area contributed by atoms with Crippen LogP contribution in [0.25, 0.3) is 0 Å². The number of nitrogens with zero attached hydrogens (tertiary/aromatic N) is 3. The van der Waals surface area contributed by atoms with E-state index in [2.05, 4.69) is 25.6 Å². The lowest BCUT2D eigenvalue weighted by Crippen LogP contribution is -2.33. The molecule has 1 aromatic heterocycles. The van der Waals surface area contributed by atoms with Crippen LogP contribution in [0.1, 0.15) is 46.4 Å². The Labute approximate surface area is 212 Å². The van der Waals surface area contributed by atoms with E-state index in [-0.39, 0.29) is 23.5 Å². The Morgan fingerprint density at radius 2 is 1.77 bits per heavy atom. The molecule has 0 aliphatic rings. The van der Waals surface area contributed by atoms with Crippen molar-refractivity contribution in [2.24, 2.45) is 13.0 Å². The number of anilines is 1. The maximum absolute atomic E-state index is 12.8. The summed E-state index contributed by atoms with van der Waals surface area (Å²) >= 11 is 7.39. The van der Waals surface area contributed by atoms with Crippen molar-refractivity contribution in [3.63, 3.8) is 0 Å². The molecule has 0 radical (unpaired) electrons. The average molecular weight is 516 g/mol. The van der Waals surface area contributed by atoms with Gasteiger partial charge in [0.2, 0.25) is 5.91 Å². The van der Waals surface area contributed by atoms with Gasteiger partial charge in [-0.15, -0.1) is 10.2 Å². The Hall–Kier alpha value is -3.37. The van der Waals surface area contributed by atoms with Gasteiger partial charge in [0.15, 0.2) is 11.0 Å². The van der Waals surface area contributed by atoms with Crippen LogP contribution in [0.5, 0.6) is 0 Å². The SMILES string of the molecule is COC(=O)c1ccc(NC(=O)CSc2nnc([C@@H](NC(=O)c3ccccc3Cl)C(C)C)n2C)cc1. The third-order valence-electron chi connectivity index (χ3n) is 5.14. The highest BCUT2D eigenvalue weighted by Crippen LogP contribution is 2.25. The van der Waals surface area contributed by atoms with E-state index in [1.54, 1.807) is 60.1 Å². The van der Waals surface area contributed by atoms with Crippen LogP contribution in [0, 0.1) is 5.92 Å². The van der Waals surface area contributed by atoms with E-state index in [0.717, 1.165) is 0 Å². The van der Waals surface area contributed by atoms with Crippen molar-refractivity contribution in [1.29, 1.82) is 0 Å². The minimum absolute atomic E-state index is 0.0263. The number of thioether (sulfide) groups is 1. The molecule has 0 spiro atoms. The first-order valence-electron chi connectivity index (χ1n) is 10.8. The lowest BCUT2D eigenvalue weighted by atomic mass is 10.0. The first-order chi connectivity index (χ1) is 16.7. The minimum Gasteiger partial charge on any atom is -0.465 e. The van der Waals surface area contributed by atoms with Crippen molar-refractivity contribution in [1.82, 2.24) is 20.1 Å². The number of ether oxygens (including phenoxy) is 1. The highest BCUT2D eigenvalue weighted by Gasteiger charge is 2.26. The van der Waals surface area contributed by atoms with E-state index in [1.807, 2.05) is 13.8 Å². The van der Waals surface area contributed by atoms with Crippen LogP contribution in [-0.4, -0.2) is 45.4 Å². The van der Waals surface area contributed by atoms with E-state index in [1.165, 1.54) is 18.9 Å². The number of carbonyl (C=O) groups excluding carboxylic acids is 3. The molecule has 9 nitrogen and oxygen atoms in total. The summed E-state index contributed by atoms with van der Waals surface area (Å²) in [6.07, 6.45) is 0. The minimum atomic E-state index is -0.445. The molecule has 0 saturated heterocycles. The summed E-state index contributed by atoms with van der Waals surface area (Å²) < 4.78 is 6.43. The highest BCUT2D eigenvalue weighted by molar-refractivity contribution is 7.99. The topological polar surface area (TPSA) is 115 Å². The number of halogens is 1. The van der Waals surface area contributed by atoms with Gasteiger partial charge in [-0.05, 0) is 42.3 Å². The van der Waals surface area contributed by atoms with Crippen LogP contribution in [0.2, 0.25) is 5.02 Å². The first-order valence-corrected chi connectivity index (χ1v) is 12.1.